The Hall–Kier alpha value is -2.35. The summed E-state index contributed by atoms with van der Waals surface area (Å²) in [6, 6.07) is 3.40. The van der Waals surface area contributed by atoms with Crippen LogP contribution in [0.3, 0.4) is 0 Å². The molecule has 0 fully saturated rings. The lowest BCUT2D eigenvalue weighted by atomic mass is 10.2. The predicted molar refractivity (Wildman–Crippen MR) is 61.0 cm³/mol. The van der Waals surface area contributed by atoms with Gasteiger partial charge in [-0.25, -0.2) is 0 Å². The van der Waals surface area contributed by atoms with Gasteiger partial charge in [-0.1, -0.05) is 5.92 Å². The topological polar surface area (TPSA) is 70.5 Å². The molecule has 0 saturated heterocycles. The van der Waals surface area contributed by atoms with Crippen LogP contribution in [-0.4, -0.2) is 40.0 Å². The van der Waals surface area contributed by atoms with Crippen molar-refractivity contribution in [2.45, 2.75) is 6.42 Å². The zero-order valence-electron chi connectivity index (χ0n) is 9.17. The highest BCUT2D eigenvalue weighted by Gasteiger charge is 2.15. The third-order valence-corrected chi connectivity index (χ3v) is 2.07. The monoisotopic (exact) mass is 232 g/mol. The van der Waals surface area contributed by atoms with Crippen LogP contribution in [-0.2, 0) is 16.0 Å². The molecule has 0 unspecified atom stereocenters. The smallest absolute Gasteiger partial charge is 0.323 e. The van der Waals surface area contributed by atoms with Gasteiger partial charge in [0.15, 0.2) is 0 Å². The Bertz CT molecular complexity index is 437. The molecule has 0 aliphatic heterocycles. The number of carboxylic acids is 1. The molecule has 0 aromatic carbocycles. The molecule has 0 spiro atoms. The highest BCUT2D eigenvalue weighted by molar-refractivity contribution is 5.83. The van der Waals surface area contributed by atoms with Crippen molar-refractivity contribution in [2.24, 2.45) is 0 Å². The Morgan fingerprint density at radius 2 is 2.06 bits per heavy atom. The minimum absolute atomic E-state index is 0.00375. The van der Waals surface area contributed by atoms with Gasteiger partial charge in [-0.2, -0.15) is 0 Å². The van der Waals surface area contributed by atoms with E-state index < -0.39 is 5.97 Å². The van der Waals surface area contributed by atoms with Crippen molar-refractivity contribution in [2.75, 3.05) is 13.1 Å². The third-order valence-electron chi connectivity index (χ3n) is 2.07. The molecule has 0 atom stereocenters. The molecular formula is C12H12N2O3. The molecule has 1 heterocycles. The molecule has 5 heteroatoms. The molecule has 0 aliphatic rings. The van der Waals surface area contributed by atoms with Crippen LogP contribution in [0, 0.1) is 12.3 Å². The number of hydrogen-bond acceptors (Lipinski definition) is 3. The molecule has 0 aliphatic carbocycles. The van der Waals surface area contributed by atoms with E-state index in [0.29, 0.717) is 0 Å². The lowest BCUT2D eigenvalue weighted by Gasteiger charge is -2.17. The number of carboxylic acid groups (broad SMARTS) is 1. The number of aliphatic carboxylic acids is 1. The maximum atomic E-state index is 11.8. The fourth-order valence-electron chi connectivity index (χ4n) is 1.29. The maximum Gasteiger partial charge on any atom is 0.323 e. The quantitative estimate of drug-likeness (QED) is 0.735. The number of rotatable bonds is 5. The van der Waals surface area contributed by atoms with Crippen LogP contribution in [0.1, 0.15) is 5.56 Å². The van der Waals surface area contributed by atoms with Crippen LogP contribution in [0.25, 0.3) is 0 Å². The van der Waals surface area contributed by atoms with Gasteiger partial charge in [0, 0.05) is 12.4 Å². The Labute approximate surface area is 99.1 Å². The van der Waals surface area contributed by atoms with Crippen LogP contribution in [0.4, 0.5) is 0 Å². The van der Waals surface area contributed by atoms with E-state index in [9.17, 15) is 9.59 Å². The van der Waals surface area contributed by atoms with E-state index in [2.05, 4.69) is 10.9 Å². The molecule has 0 radical (unpaired) electrons. The van der Waals surface area contributed by atoms with E-state index in [1.165, 1.54) is 0 Å². The molecule has 1 N–H and O–H groups in total. The summed E-state index contributed by atoms with van der Waals surface area (Å²) in [6.45, 7) is -0.385. The molecule has 88 valence electrons. The highest BCUT2D eigenvalue weighted by atomic mass is 16.4. The first-order chi connectivity index (χ1) is 8.13. The molecule has 0 saturated carbocycles. The first-order valence-corrected chi connectivity index (χ1v) is 4.95. The molecule has 1 aromatic heterocycles. The summed E-state index contributed by atoms with van der Waals surface area (Å²) in [7, 11) is 0. The number of nitrogens with zero attached hydrogens (tertiary/aromatic N) is 2. The van der Waals surface area contributed by atoms with Gasteiger partial charge in [-0.3, -0.25) is 14.6 Å². The largest absolute Gasteiger partial charge is 0.480 e. The van der Waals surface area contributed by atoms with Crippen molar-refractivity contribution >= 4 is 11.9 Å². The zero-order chi connectivity index (χ0) is 12.7. The molecule has 5 nitrogen and oxygen atoms in total. The van der Waals surface area contributed by atoms with E-state index in [-0.39, 0.29) is 25.4 Å². The summed E-state index contributed by atoms with van der Waals surface area (Å²) in [5, 5.41) is 8.65. The summed E-state index contributed by atoms with van der Waals surface area (Å²) in [4.78, 5) is 27.3. The summed E-state index contributed by atoms with van der Waals surface area (Å²) in [6.07, 6.45) is 8.36. The number of amides is 1. The molecule has 1 rings (SSSR count). The average Bonchev–Trinajstić information content (AvgIpc) is 2.29. The van der Waals surface area contributed by atoms with Gasteiger partial charge in [0.1, 0.15) is 6.54 Å². The number of aromatic nitrogens is 1. The van der Waals surface area contributed by atoms with Gasteiger partial charge in [-0.15, -0.1) is 6.42 Å². The van der Waals surface area contributed by atoms with Crippen molar-refractivity contribution in [3.63, 3.8) is 0 Å². The van der Waals surface area contributed by atoms with Gasteiger partial charge in [0.05, 0.1) is 13.0 Å². The number of carbonyl (C=O) groups is 2. The lowest BCUT2D eigenvalue weighted by molar-refractivity contribution is -0.143. The van der Waals surface area contributed by atoms with E-state index in [4.69, 9.17) is 11.5 Å². The summed E-state index contributed by atoms with van der Waals surface area (Å²) in [5.74, 6) is 0.880. The fourth-order valence-corrected chi connectivity index (χ4v) is 1.29. The van der Waals surface area contributed by atoms with Crippen molar-refractivity contribution in [1.82, 2.24) is 9.88 Å². The van der Waals surface area contributed by atoms with Crippen molar-refractivity contribution in [3.8, 4) is 12.3 Å². The first-order valence-electron chi connectivity index (χ1n) is 4.95. The fraction of sp³-hybridized carbons (Fsp3) is 0.250. The van der Waals surface area contributed by atoms with Crippen molar-refractivity contribution in [1.29, 1.82) is 0 Å². The second-order valence-electron chi connectivity index (χ2n) is 3.38. The van der Waals surface area contributed by atoms with Gasteiger partial charge < -0.3 is 10.0 Å². The Morgan fingerprint density at radius 1 is 1.41 bits per heavy atom. The summed E-state index contributed by atoms with van der Waals surface area (Å²) in [5.41, 5.74) is 0.775. The predicted octanol–water partition coefficient (Wildman–Crippen LogP) is 0.170. The molecule has 0 bridgehead atoms. The average molecular weight is 232 g/mol. The summed E-state index contributed by atoms with van der Waals surface area (Å²) >= 11 is 0. The summed E-state index contributed by atoms with van der Waals surface area (Å²) < 4.78 is 0. The van der Waals surface area contributed by atoms with Crippen molar-refractivity contribution in [3.05, 3.63) is 30.1 Å². The maximum absolute atomic E-state index is 11.8. The second kappa shape index (κ2) is 6.28. The SMILES string of the molecule is C#CCN(CC(=O)O)C(=O)Cc1ccncc1. The molecular weight excluding hydrogens is 220 g/mol. The minimum Gasteiger partial charge on any atom is -0.480 e. The van der Waals surface area contributed by atoms with E-state index in [1.807, 2.05) is 0 Å². The van der Waals surface area contributed by atoms with Gasteiger partial charge in [0.25, 0.3) is 0 Å². The Morgan fingerprint density at radius 3 is 2.59 bits per heavy atom. The van der Waals surface area contributed by atoms with Gasteiger partial charge in [-0.05, 0) is 17.7 Å². The van der Waals surface area contributed by atoms with Crippen LogP contribution < -0.4 is 0 Å². The normalized spacial score (nSPS) is 9.35. The van der Waals surface area contributed by atoms with Crippen LogP contribution in [0.5, 0.6) is 0 Å². The first kappa shape index (κ1) is 12.7. The number of terminal acetylenes is 1. The zero-order valence-corrected chi connectivity index (χ0v) is 9.17. The van der Waals surface area contributed by atoms with E-state index >= 15 is 0 Å². The number of pyridine rings is 1. The molecule has 1 aromatic rings. The van der Waals surface area contributed by atoms with Crippen molar-refractivity contribution < 1.29 is 14.7 Å². The second-order valence-corrected chi connectivity index (χ2v) is 3.38. The molecule has 1 amide bonds. The van der Waals surface area contributed by atoms with Crippen LogP contribution in [0.2, 0.25) is 0 Å². The van der Waals surface area contributed by atoms with Gasteiger partial charge >= 0.3 is 5.97 Å². The lowest BCUT2D eigenvalue weighted by Crippen LogP contribution is -2.36. The highest BCUT2D eigenvalue weighted by Crippen LogP contribution is 2.01. The van der Waals surface area contributed by atoms with E-state index in [1.54, 1.807) is 24.5 Å². The standard InChI is InChI=1S/C12H12N2O3/c1-2-7-14(9-12(16)17)11(15)8-10-3-5-13-6-4-10/h1,3-6H,7-9H2,(H,16,17). The molecule has 17 heavy (non-hydrogen) atoms. The Kier molecular flexibility index (Phi) is 4.70. The Balaban J connectivity index is 2.66. The third kappa shape index (κ3) is 4.34. The van der Waals surface area contributed by atoms with E-state index in [0.717, 1.165) is 10.5 Å². The van der Waals surface area contributed by atoms with Gasteiger partial charge in [0.2, 0.25) is 5.91 Å². The number of hydrogen-bond donors (Lipinski definition) is 1. The number of carbonyl (C=O) groups excluding carboxylic acids is 1. The van der Waals surface area contributed by atoms with Crippen LogP contribution in [0.15, 0.2) is 24.5 Å². The minimum atomic E-state index is -1.08. The van der Waals surface area contributed by atoms with Crippen LogP contribution >= 0.6 is 0 Å².